The van der Waals surface area contributed by atoms with Crippen molar-refractivity contribution in [2.45, 2.75) is 37.3 Å². The first kappa shape index (κ1) is 23.9. The van der Waals surface area contributed by atoms with Crippen LogP contribution in [0.25, 0.3) is 11.1 Å². The van der Waals surface area contributed by atoms with E-state index >= 15 is 0 Å². The topological polar surface area (TPSA) is 105 Å². The Labute approximate surface area is 189 Å². The fourth-order valence-corrected chi connectivity index (χ4v) is 3.86. The number of amides is 2. The molecular formula is C24H24F2N2O5. The molecule has 0 aliphatic heterocycles. The summed E-state index contributed by atoms with van der Waals surface area (Å²) < 4.78 is 31.5. The van der Waals surface area contributed by atoms with Gasteiger partial charge in [-0.3, -0.25) is 9.59 Å². The number of aliphatic carboxylic acids is 1. The van der Waals surface area contributed by atoms with Gasteiger partial charge in [0.25, 0.3) is 6.43 Å². The summed E-state index contributed by atoms with van der Waals surface area (Å²) in [6.45, 7) is 3.51. The third-order valence-corrected chi connectivity index (χ3v) is 5.38. The van der Waals surface area contributed by atoms with Gasteiger partial charge in [-0.25, -0.2) is 13.6 Å². The van der Waals surface area contributed by atoms with Gasteiger partial charge >= 0.3 is 12.1 Å². The first-order valence-electron chi connectivity index (χ1n) is 10.3. The smallest absolute Gasteiger partial charge is 0.407 e. The summed E-state index contributed by atoms with van der Waals surface area (Å²) in [6, 6.07) is 12.5. The lowest BCUT2D eigenvalue weighted by Gasteiger charge is -2.22. The first-order chi connectivity index (χ1) is 15.8. The van der Waals surface area contributed by atoms with Crippen LogP contribution in [0.3, 0.4) is 0 Å². The van der Waals surface area contributed by atoms with Gasteiger partial charge in [-0.2, -0.15) is 0 Å². The van der Waals surface area contributed by atoms with Crippen LogP contribution < -0.4 is 10.6 Å². The average Bonchev–Trinajstić information content (AvgIpc) is 3.10. The van der Waals surface area contributed by atoms with Crippen molar-refractivity contribution in [1.82, 2.24) is 10.6 Å². The fourth-order valence-electron chi connectivity index (χ4n) is 3.86. The molecular weight excluding hydrogens is 434 g/mol. The van der Waals surface area contributed by atoms with Crippen LogP contribution in [-0.4, -0.2) is 48.2 Å². The molecule has 0 radical (unpaired) electrons. The van der Waals surface area contributed by atoms with Crippen molar-refractivity contribution in [2.75, 3.05) is 6.61 Å². The molecule has 0 spiro atoms. The van der Waals surface area contributed by atoms with Crippen molar-refractivity contribution in [3.05, 3.63) is 72.3 Å². The molecule has 2 aromatic carbocycles. The van der Waals surface area contributed by atoms with E-state index in [-0.39, 0.29) is 18.9 Å². The van der Waals surface area contributed by atoms with Gasteiger partial charge in [-0.05, 0) is 28.7 Å². The van der Waals surface area contributed by atoms with Gasteiger partial charge in [-0.15, -0.1) is 6.58 Å². The Morgan fingerprint density at radius 1 is 1.03 bits per heavy atom. The van der Waals surface area contributed by atoms with E-state index in [1.807, 2.05) is 53.8 Å². The third kappa shape index (κ3) is 5.74. The number of rotatable bonds is 10. The van der Waals surface area contributed by atoms with Crippen LogP contribution in [0.15, 0.2) is 61.2 Å². The van der Waals surface area contributed by atoms with E-state index < -0.39 is 42.9 Å². The van der Waals surface area contributed by atoms with Gasteiger partial charge in [0.15, 0.2) is 0 Å². The molecule has 2 atom stereocenters. The molecule has 1 aliphatic rings. The number of carbonyl (C=O) groups excluding carboxylic acids is 2. The van der Waals surface area contributed by atoms with Crippen molar-refractivity contribution < 1.29 is 33.0 Å². The molecule has 1 aliphatic carbocycles. The van der Waals surface area contributed by atoms with Gasteiger partial charge in [0.1, 0.15) is 18.7 Å². The number of carboxylic acid groups (broad SMARTS) is 1. The number of alkyl halides is 2. The molecule has 0 fully saturated rings. The predicted octanol–water partition coefficient (Wildman–Crippen LogP) is 3.69. The highest BCUT2D eigenvalue weighted by Gasteiger charge is 2.31. The van der Waals surface area contributed by atoms with E-state index in [0.717, 1.165) is 22.3 Å². The zero-order valence-electron chi connectivity index (χ0n) is 17.7. The molecule has 2 aromatic rings. The third-order valence-electron chi connectivity index (χ3n) is 5.38. The molecule has 0 bridgehead atoms. The van der Waals surface area contributed by atoms with E-state index in [1.54, 1.807) is 0 Å². The summed E-state index contributed by atoms with van der Waals surface area (Å²) in [7, 11) is 0. The minimum absolute atomic E-state index is 0.0148. The zero-order valence-corrected chi connectivity index (χ0v) is 17.7. The molecule has 7 nitrogen and oxygen atoms in total. The minimum Gasteiger partial charge on any atom is -0.481 e. The Morgan fingerprint density at radius 2 is 1.61 bits per heavy atom. The van der Waals surface area contributed by atoms with Crippen molar-refractivity contribution in [3.8, 4) is 11.1 Å². The molecule has 9 heteroatoms. The van der Waals surface area contributed by atoms with Gasteiger partial charge in [-0.1, -0.05) is 54.6 Å². The molecule has 0 aromatic heterocycles. The monoisotopic (exact) mass is 458 g/mol. The lowest BCUT2D eigenvalue weighted by molar-refractivity contribution is -0.139. The molecule has 3 N–H and O–H groups in total. The van der Waals surface area contributed by atoms with Gasteiger partial charge in [0.2, 0.25) is 5.91 Å². The Bertz CT molecular complexity index is 998. The van der Waals surface area contributed by atoms with Crippen LogP contribution in [0.2, 0.25) is 0 Å². The maximum atomic E-state index is 13.1. The summed E-state index contributed by atoms with van der Waals surface area (Å²) in [6.07, 6.45) is -3.65. The van der Waals surface area contributed by atoms with Crippen LogP contribution >= 0.6 is 0 Å². The lowest BCUT2D eigenvalue weighted by Crippen LogP contribution is -2.51. The molecule has 0 saturated heterocycles. The number of alkyl carbamates (subject to hydrolysis) is 1. The van der Waals surface area contributed by atoms with Crippen LogP contribution in [-0.2, 0) is 14.3 Å². The van der Waals surface area contributed by atoms with E-state index in [0.29, 0.717) is 0 Å². The first-order valence-corrected chi connectivity index (χ1v) is 10.3. The Kier molecular flexibility index (Phi) is 7.76. The van der Waals surface area contributed by atoms with Crippen LogP contribution in [0.4, 0.5) is 13.6 Å². The zero-order chi connectivity index (χ0) is 24.0. The van der Waals surface area contributed by atoms with Crippen molar-refractivity contribution in [1.29, 1.82) is 0 Å². The molecule has 33 heavy (non-hydrogen) atoms. The summed E-state index contributed by atoms with van der Waals surface area (Å²) in [5.74, 6) is -2.62. The SMILES string of the molecule is C=CCC(NC(=O)OCC1c2ccccc2-c2ccccc21)C(=O)NC(CC(=O)O)C(F)F. The molecule has 2 amide bonds. The Hall–Kier alpha value is -3.75. The summed E-state index contributed by atoms with van der Waals surface area (Å²) in [4.78, 5) is 35.6. The molecule has 0 heterocycles. The second-order valence-electron chi connectivity index (χ2n) is 7.59. The second kappa shape index (κ2) is 10.7. The highest BCUT2D eigenvalue weighted by molar-refractivity contribution is 5.86. The number of benzene rings is 2. The van der Waals surface area contributed by atoms with Crippen LogP contribution in [0, 0.1) is 0 Å². The molecule has 0 saturated carbocycles. The van der Waals surface area contributed by atoms with Gasteiger partial charge < -0.3 is 20.5 Å². The highest BCUT2D eigenvalue weighted by atomic mass is 19.3. The Balaban J connectivity index is 1.64. The number of fused-ring (bicyclic) bond motifs is 3. The quantitative estimate of drug-likeness (QED) is 0.471. The highest BCUT2D eigenvalue weighted by Crippen LogP contribution is 2.44. The number of carbonyl (C=O) groups is 3. The number of ether oxygens (including phenoxy) is 1. The fraction of sp³-hybridized carbons (Fsp3) is 0.292. The Morgan fingerprint density at radius 3 is 2.12 bits per heavy atom. The maximum absolute atomic E-state index is 13.1. The predicted molar refractivity (Wildman–Crippen MR) is 117 cm³/mol. The number of hydrogen-bond donors (Lipinski definition) is 3. The summed E-state index contributed by atoms with van der Waals surface area (Å²) in [5, 5.41) is 13.1. The minimum atomic E-state index is -3.08. The summed E-state index contributed by atoms with van der Waals surface area (Å²) >= 11 is 0. The van der Waals surface area contributed by atoms with E-state index in [1.165, 1.54) is 6.08 Å². The number of carboxylic acids is 1. The van der Waals surface area contributed by atoms with Crippen molar-refractivity contribution >= 4 is 18.0 Å². The number of nitrogens with one attached hydrogen (secondary N) is 2. The molecule has 3 rings (SSSR count). The standard InChI is InChI=1S/C24H24F2N2O5/c1-2-7-19(23(31)27-20(22(25)26)12-21(29)30)28-24(32)33-13-18-16-10-5-3-8-14(16)15-9-4-6-11-17(15)18/h2-6,8-11,18-20,22H,1,7,12-13H2,(H,27,31)(H,28,32)(H,29,30). The number of halogens is 2. The van der Waals surface area contributed by atoms with E-state index in [2.05, 4.69) is 11.9 Å². The molecule has 174 valence electrons. The van der Waals surface area contributed by atoms with Crippen molar-refractivity contribution in [3.63, 3.8) is 0 Å². The molecule has 2 unspecified atom stereocenters. The average molecular weight is 458 g/mol. The van der Waals surface area contributed by atoms with E-state index in [9.17, 15) is 23.2 Å². The number of hydrogen-bond acceptors (Lipinski definition) is 4. The van der Waals surface area contributed by atoms with Crippen molar-refractivity contribution in [2.24, 2.45) is 0 Å². The maximum Gasteiger partial charge on any atom is 0.407 e. The largest absolute Gasteiger partial charge is 0.481 e. The van der Waals surface area contributed by atoms with Crippen LogP contribution in [0.1, 0.15) is 29.9 Å². The second-order valence-corrected chi connectivity index (χ2v) is 7.59. The van der Waals surface area contributed by atoms with E-state index in [4.69, 9.17) is 9.84 Å². The lowest BCUT2D eigenvalue weighted by atomic mass is 9.98. The van der Waals surface area contributed by atoms with Gasteiger partial charge in [0, 0.05) is 5.92 Å². The normalized spacial score (nSPS) is 14.0. The van der Waals surface area contributed by atoms with Crippen LogP contribution in [0.5, 0.6) is 0 Å². The summed E-state index contributed by atoms with van der Waals surface area (Å²) in [5.41, 5.74) is 4.14. The van der Waals surface area contributed by atoms with Gasteiger partial charge in [0.05, 0.1) is 6.42 Å².